The van der Waals surface area contributed by atoms with Crippen molar-refractivity contribution in [1.29, 1.82) is 0 Å². The third-order valence-electron chi connectivity index (χ3n) is 4.68. The number of nitrogens with zero attached hydrogens (tertiary/aromatic N) is 6. The molecular weight excluding hydrogens is 316 g/mol. The van der Waals surface area contributed by atoms with Crippen molar-refractivity contribution in [2.45, 2.75) is 6.54 Å². The molecule has 0 radical (unpaired) electrons. The van der Waals surface area contributed by atoms with Crippen LogP contribution in [0, 0.1) is 0 Å². The normalized spacial score (nSPS) is 15.7. The zero-order chi connectivity index (χ0) is 17.2. The Morgan fingerprint density at radius 1 is 1.12 bits per heavy atom. The molecule has 0 aliphatic carbocycles. The van der Waals surface area contributed by atoms with Gasteiger partial charge in [-0.25, -0.2) is 14.6 Å². The van der Waals surface area contributed by atoms with Gasteiger partial charge in [0, 0.05) is 26.2 Å². The molecule has 7 heteroatoms. The van der Waals surface area contributed by atoms with Crippen LogP contribution in [0.2, 0.25) is 0 Å². The van der Waals surface area contributed by atoms with Crippen LogP contribution < -0.4 is 9.64 Å². The molecule has 1 aliphatic rings. The van der Waals surface area contributed by atoms with Crippen molar-refractivity contribution >= 4 is 16.9 Å². The maximum Gasteiger partial charge on any atom is 0.163 e. The minimum absolute atomic E-state index is 0.653. The van der Waals surface area contributed by atoms with Crippen LogP contribution >= 0.6 is 0 Å². The van der Waals surface area contributed by atoms with Gasteiger partial charge in [-0.05, 0) is 24.7 Å². The maximum atomic E-state index is 5.30. The molecule has 1 aliphatic heterocycles. The van der Waals surface area contributed by atoms with Crippen molar-refractivity contribution in [3.63, 3.8) is 0 Å². The smallest absolute Gasteiger partial charge is 0.163 e. The Morgan fingerprint density at radius 2 is 1.96 bits per heavy atom. The second kappa shape index (κ2) is 6.68. The number of anilines is 1. The summed E-state index contributed by atoms with van der Waals surface area (Å²) in [4.78, 5) is 13.7. The molecule has 0 amide bonds. The molecule has 1 saturated heterocycles. The lowest BCUT2D eigenvalue weighted by Crippen LogP contribution is -2.44. The van der Waals surface area contributed by atoms with E-state index in [0.29, 0.717) is 6.54 Å². The number of likely N-dealkylation sites (N-methyl/N-ethyl adjacent to an activating group) is 1. The van der Waals surface area contributed by atoms with Crippen molar-refractivity contribution in [2.24, 2.45) is 0 Å². The Kier molecular flexibility index (Phi) is 4.23. The Hall–Kier alpha value is -2.67. The zero-order valence-corrected chi connectivity index (χ0v) is 14.6. The average molecular weight is 338 g/mol. The predicted octanol–water partition coefficient (Wildman–Crippen LogP) is 1.63. The molecule has 0 saturated carbocycles. The fourth-order valence-corrected chi connectivity index (χ4v) is 3.21. The number of piperazine rings is 1. The third-order valence-corrected chi connectivity index (χ3v) is 4.68. The summed E-state index contributed by atoms with van der Waals surface area (Å²) >= 11 is 0. The summed E-state index contributed by atoms with van der Waals surface area (Å²) in [6.07, 6.45) is 3.52. The number of hydrogen-bond acceptors (Lipinski definition) is 6. The quantitative estimate of drug-likeness (QED) is 0.721. The number of ether oxygens (including phenoxy) is 1. The second-order valence-corrected chi connectivity index (χ2v) is 6.38. The molecular formula is C18H22N6O. The lowest BCUT2D eigenvalue weighted by molar-refractivity contribution is 0.312. The van der Waals surface area contributed by atoms with E-state index in [1.807, 2.05) is 29.1 Å². The van der Waals surface area contributed by atoms with Crippen LogP contribution in [-0.2, 0) is 6.54 Å². The first-order chi connectivity index (χ1) is 12.2. The lowest BCUT2D eigenvalue weighted by Gasteiger charge is -2.33. The monoisotopic (exact) mass is 338 g/mol. The Labute approximate surface area is 146 Å². The predicted molar refractivity (Wildman–Crippen MR) is 97.1 cm³/mol. The van der Waals surface area contributed by atoms with E-state index in [0.717, 1.165) is 54.3 Å². The highest BCUT2D eigenvalue weighted by Gasteiger charge is 2.19. The molecule has 0 unspecified atom stereocenters. The van der Waals surface area contributed by atoms with Crippen LogP contribution in [0.1, 0.15) is 5.56 Å². The molecule has 0 atom stereocenters. The van der Waals surface area contributed by atoms with Gasteiger partial charge in [-0.3, -0.25) is 0 Å². The van der Waals surface area contributed by atoms with E-state index in [4.69, 9.17) is 4.74 Å². The Balaban J connectivity index is 1.64. The van der Waals surface area contributed by atoms with E-state index in [1.165, 1.54) is 0 Å². The SMILES string of the molecule is COc1cccc(Cn2ncc3c(N4CCN(C)CC4)ncnc32)c1. The lowest BCUT2D eigenvalue weighted by atomic mass is 10.2. The first-order valence-corrected chi connectivity index (χ1v) is 8.47. The van der Waals surface area contributed by atoms with Crippen LogP contribution in [0.5, 0.6) is 5.75 Å². The van der Waals surface area contributed by atoms with Crippen LogP contribution in [0.15, 0.2) is 36.8 Å². The number of aromatic nitrogens is 4. The van der Waals surface area contributed by atoms with Crippen molar-refractivity contribution in [3.05, 3.63) is 42.4 Å². The highest BCUT2D eigenvalue weighted by molar-refractivity contribution is 5.86. The summed E-state index contributed by atoms with van der Waals surface area (Å²) in [5.74, 6) is 1.83. The molecule has 0 bridgehead atoms. The number of benzene rings is 1. The highest BCUT2D eigenvalue weighted by atomic mass is 16.5. The van der Waals surface area contributed by atoms with E-state index < -0.39 is 0 Å². The zero-order valence-electron chi connectivity index (χ0n) is 14.6. The number of rotatable bonds is 4. The largest absolute Gasteiger partial charge is 0.497 e. The molecule has 25 heavy (non-hydrogen) atoms. The van der Waals surface area contributed by atoms with Gasteiger partial charge < -0.3 is 14.5 Å². The Morgan fingerprint density at radius 3 is 2.76 bits per heavy atom. The summed E-state index contributed by atoms with van der Waals surface area (Å²) in [5.41, 5.74) is 2.00. The number of methoxy groups -OCH3 is 1. The number of fused-ring (bicyclic) bond motifs is 1. The van der Waals surface area contributed by atoms with Gasteiger partial charge in [0.2, 0.25) is 0 Å². The minimum atomic E-state index is 0.653. The minimum Gasteiger partial charge on any atom is -0.497 e. The van der Waals surface area contributed by atoms with Gasteiger partial charge >= 0.3 is 0 Å². The molecule has 4 rings (SSSR count). The van der Waals surface area contributed by atoms with Gasteiger partial charge in [0.05, 0.1) is 25.2 Å². The van der Waals surface area contributed by atoms with Crippen LogP contribution in [0.3, 0.4) is 0 Å². The molecule has 0 N–H and O–H groups in total. The summed E-state index contributed by atoms with van der Waals surface area (Å²) in [6, 6.07) is 8.03. The van der Waals surface area contributed by atoms with E-state index in [1.54, 1.807) is 13.4 Å². The van der Waals surface area contributed by atoms with Crippen molar-refractivity contribution in [1.82, 2.24) is 24.6 Å². The maximum absolute atomic E-state index is 5.30. The van der Waals surface area contributed by atoms with Crippen molar-refractivity contribution in [2.75, 3.05) is 45.2 Å². The van der Waals surface area contributed by atoms with Crippen LogP contribution in [0.4, 0.5) is 5.82 Å². The average Bonchev–Trinajstić information content (AvgIpc) is 3.06. The summed E-state index contributed by atoms with van der Waals surface area (Å²) in [5, 5.41) is 5.56. The third kappa shape index (κ3) is 3.15. The fraction of sp³-hybridized carbons (Fsp3) is 0.389. The molecule has 3 heterocycles. The fourth-order valence-electron chi connectivity index (χ4n) is 3.21. The first-order valence-electron chi connectivity index (χ1n) is 8.47. The first kappa shape index (κ1) is 15.8. The number of hydrogen-bond donors (Lipinski definition) is 0. The van der Waals surface area contributed by atoms with E-state index in [2.05, 4.69) is 38.0 Å². The van der Waals surface area contributed by atoms with E-state index >= 15 is 0 Å². The van der Waals surface area contributed by atoms with E-state index in [-0.39, 0.29) is 0 Å². The summed E-state index contributed by atoms with van der Waals surface area (Å²) < 4.78 is 7.22. The molecule has 3 aromatic rings. The standard InChI is InChI=1S/C18H22N6O/c1-22-6-8-23(9-7-22)17-16-11-21-24(18(16)20-13-19-17)12-14-4-3-5-15(10-14)25-2/h3-5,10-11,13H,6-9,12H2,1-2H3. The molecule has 2 aromatic heterocycles. The topological polar surface area (TPSA) is 59.3 Å². The van der Waals surface area contributed by atoms with Crippen LogP contribution in [-0.4, -0.2) is 65.0 Å². The van der Waals surface area contributed by atoms with Crippen molar-refractivity contribution in [3.8, 4) is 5.75 Å². The Bertz CT molecular complexity index is 869. The summed E-state index contributed by atoms with van der Waals surface area (Å²) in [7, 11) is 3.83. The molecule has 1 fully saturated rings. The molecule has 1 aromatic carbocycles. The van der Waals surface area contributed by atoms with Crippen LogP contribution in [0.25, 0.3) is 11.0 Å². The summed E-state index contributed by atoms with van der Waals surface area (Å²) in [6.45, 7) is 4.69. The van der Waals surface area contributed by atoms with Gasteiger partial charge in [-0.15, -0.1) is 0 Å². The van der Waals surface area contributed by atoms with Crippen molar-refractivity contribution < 1.29 is 4.74 Å². The molecule has 7 nitrogen and oxygen atoms in total. The van der Waals surface area contributed by atoms with Gasteiger partial charge in [-0.2, -0.15) is 5.10 Å². The van der Waals surface area contributed by atoms with Gasteiger partial charge in [0.1, 0.15) is 17.9 Å². The van der Waals surface area contributed by atoms with Gasteiger partial charge in [-0.1, -0.05) is 12.1 Å². The molecule has 0 spiro atoms. The van der Waals surface area contributed by atoms with E-state index in [9.17, 15) is 0 Å². The molecule has 130 valence electrons. The van der Waals surface area contributed by atoms with Gasteiger partial charge in [0.15, 0.2) is 5.65 Å². The highest BCUT2D eigenvalue weighted by Crippen LogP contribution is 2.24. The second-order valence-electron chi connectivity index (χ2n) is 6.38. The van der Waals surface area contributed by atoms with Gasteiger partial charge in [0.25, 0.3) is 0 Å².